The number of nitrogens with one attached hydrogen (secondary N) is 1. The topological polar surface area (TPSA) is 92.5 Å². The largest absolute Gasteiger partial charge is 0.481 e. The third kappa shape index (κ3) is 4.36. The number of nitro groups is 1. The number of unbranched alkanes of at least 4 members (excludes halogenated alkanes) is 1. The van der Waals surface area contributed by atoms with Crippen LogP contribution in [0.1, 0.15) is 19.3 Å². The van der Waals surface area contributed by atoms with Gasteiger partial charge in [-0.25, -0.2) is 0 Å². The summed E-state index contributed by atoms with van der Waals surface area (Å²) in [6, 6.07) is 3.56. The Morgan fingerprint density at radius 1 is 1.44 bits per heavy atom. The lowest BCUT2D eigenvalue weighted by Gasteiger charge is -2.05. The Morgan fingerprint density at radius 3 is 2.72 bits per heavy atom. The summed E-state index contributed by atoms with van der Waals surface area (Å²) >= 11 is 0. The molecule has 1 aromatic carbocycles. The number of nitrogens with zero attached hydrogens (tertiary/aromatic N) is 1. The summed E-state index contributed by atoms with van der Waals surface area (Å²) in [6.45, 7) is 0.491. The molecule has 18 heavy (non-hydrogen) atoms. The fourth-order valence-electron chi connectivity index (χ4n) is 1.40. The second-order valence-corrected chi connectivity index (χ2v) is 3.70. The minimum atomic E-state index is -0.893. The summed E-state index contributed by atoms with van der Waals surface area (Å²) in [5.41, 5.74) is -0.125. The van der Waals surface area contributed by atoms with Crippen LogP contribution in [0.3, 0.4) is 0 Å². The van der Waals surface area contributed by atoms with Crippen LogP contribution in [0.2, 0.25) is 0 Å². The van der Waals surface area contributed by atoms with Crippen LogP contribution in [0.25, 0.3) is 0 Å². The lowest BCUT2D eigenvalue weighted by Crippen LogP contribution is -2.04. The van der Waals surface area contributed by atoms with Gasteiger partial charge in [0.15, 0.2) is 0 Å². The van der Waals surface area contributed by atoms with Crippen molar-refractivity contribution >= 4 is 17.3 Å². The van der Waals surface area contributed by atoms with E-state index in [4.69, 9.17) is 5.11 Å². The third-order valence-electron chi connectivity index (χ3n) is 2.29. The summed E-state index contributed by atoms with van der Waals surface area (Å²) in [7, 11) is 0. The zero-order valence-electron chi connectivity index (χ0n) is 9.56. The summed E-state index contributed by atoms with van der Waals surface area (Å²) in [5, 5.41) is 21.7. The van der Waals surface area contributed by atoms with E-state index in [0.717, 1.165) is 12.1 Å². The zero-order chi connectivity index (χ0) is 13.5. The molecule has 6 nitrogen and oxygen atoms in total. The van der Waals surface area contributed by atoms with Gasteiger partial charge in [0.25, 0.3) is 0 Å². The smallest absolute Gasteiger partial charge is 0.304 e. The Balaban J connectivity index is 2.42. The number of anilines is 1. The summed E-state index contributed by atoms with van der Waals surface area (Å²) in [5.74, 6) is -1.74. The molecular weight excluding hydrogens is 243 g/mol. The van der Waals surface area contributed by atoms with Gasteiger partial charge in [0.2, 0.25) is 5.82 Å². The average Bonchev–Trinajstić information content (AvgIpc) is 2.27. The fraction of sp³-hybridized carbons (Fsp3) is 0.364. The van der Waals surface area contributed by atoms with Crippen LogP contribution < -0.4 is 5.32 Å². The Labute approximate surface area is 103 Å². The highest BCUT2D eigenvalue weighted by molar-refractivity contribution is 5.66. The van der Waals surface area contributed by atoms with Gasteiger partial charge < -0.3 is 10.4 Å². The van der Waals surface area contributed by atoms with Crippen LogP contribution in [-0.4, -0.2) is 22.5 Å². The molecule has 0 unspecified atom stereocenters. The van der Waals surface area contributed by atoms with Gasteiger partial charge in [0, 0.05) is 30.8 Å². The van der Waals surface area contributed by atoms with Crippen molar-refractivity contribution in [2.24, 2.45) is 0 Å². The quantitative estimate of drug-likeness (QED) is 0.444. The number of carboxylic acids is 1. The van der Waals surface area contributed by atoms with Gasteiger partial charge in [-0.2, -0.15) is 4.39 Å². The van der Waals surface area contributed by atoms with Crippen LogP contribution in [0.4, 0.5) is 15.8 Å². The molecule has 0 saturated heterocycles. The maximum Gasteiger partial charge on any atom is 0.304 e. The van der Waals surface area contributed by atoms with Crippen molar-refractivity contribution in [3.63, 3.8) is 0 Å². The van der Waals surface area contributed by atoms with Crippen LogP contribution in [0.5, 0.6) is 0 Å². The average molecular weight is 256 g/mol. The highest BCUT2D eigenvalue weighted by Gasteiger charge is 2.13. The predicted octanol–water partition coefficient (Wildman–Crippen LogP) is 2.40. The number of carbonyl (C=O) groups is 1. The molecule has 98 valence electrons. The lowest BCUT2D eigenvalue weighted by molar-refractivity contribution is -0.387. The number of rotatable bonds is 7. The minimum Gasteiger partial charge on any atom is -0.481 e. The van der Waals surface area contributed by atoms with Gasteiger partial charge in [-0.3, -0.25) is 14.9 Å². The molecule has 0 aliphatic carbocycles. The van der Waals surface area contributed by atoms with Crippen molar-refractivity contribution in [1.82, 2.24) is 0 Å². The van der Waals surface area contributed by atoms with E-state index in [-0.39, 0.29) is 6.42 Å². The molecule has 2 N–H and O–H groups in total. The molecule has 1 aromatic rings. The normalized spacial score (nSPS) is 10.1. The van der Waals surface area contributed by atoms with Gasteiger partial charge in [-0.05, 0) is 18.9 Å². The molecule has 0 aliphatic rings. The van der Waals surface area contributed by atoms with Crippen molar-refractivity contribution in [3.8, 4) is 0 Å². The van der Waals surface area contributed by atoms with E-state index in [1.54, 1.807) is 0 Å². The Bertz CT molecular complexity index is 451. The Hall–Kier alpha value is -2.18. The van der Waals surface area contributed by atoms with E-state index < -0.39 is 22.4 Å². The van der Waals surface area contributed by atoms with Crippen molar-refractivity contribution in [1.29, 1.82) is 0 Å². The molecule has 0 saturated carbocycles. The second-order valence-electron chi connectivity index (χ2n) is 3.70. The fourth-order valence-corrected chi connectivity index (χ4v) is 1.40. The first-order chi connectivity index (χ1) is 8.50. The van der Waals surface area contributed by atoms with E-state index in [1.807, 2.05) is 0 Å². The number of hydrogen-bond donors (Lipinski definition) is 2. The van der Waals surface area contributed by atoms with Gasteiger partial charge in [0.1, 0.15) is 0 Å². The minimum absolute atomic E-state index is 0.0936. The van der Waals surface area contributed by atoms with Crippen LogP contribution >= 0.6 is 0 Å². The Kier molecular flexibility index (Phi) is 5.04. The van der Waals surface area contributed by atoms with E-state index in [1.165, 1.54) is 6.07 Å². The number of hydrogen-bond acceptors (Lipinski definition) is 4. The molecule has 0 heterocycles. The molecule has 0 atom stereocenters. The lowest BCUT2D eigenvalue weighted by atomic mass is 10.2. The summed E-state index contributed by atoms with van der Waals surface area (Å²) < 4.78 is 13.2. The SMILES string of the molecule is O=C(O)CCCCNc1ccc([N+](=O)[O-])c(F)c1. The second kappa shape index (κ2) is 6.53. The molecule has 0 aliphatic heterocycles. The molecule has 0 aromatic heterocycles. The van der Waals surface area contributed by atoms with Crippen molar-refractivity contribution in [2.45, 2.75) is 19.3 Å². The van der Waals surface area contributed by atoms with E-state index in [0.29, 0.717) is 25.1 Å². The number of carboxylic acid groups (broad SMARTS) is 1. The van der Waals surface area contributed by atoms with Crippen molar-refractivity contribution < 1.29 is 19.2 Å². The maximum atomic E-state index is 13.2. The first-order valence-electron chi connectivity index (χ1n) is 5.40. The molecule has 0 radical (unpaired) electrons. The summed E-state index contributed by atoms with van der Waals surface area (Å²) in [6.07, 6.45) is 1.25. The van der Waals surface area contributed by atoms with Gasteiger partial charge in [-0.15, -0.1) is 0 Å². The van der Waals surface area contributed by atoms with Crippen LogP contribution in [0, 0.1) is 15.9 Å². The highest BCUT2D eigenvalue weighted by Crippen LogP contribution is 2.20. The van der Waals surface area contributed by atoms with Gasteiger partial charge in [0.05, 0.1) is 4.92 Å². The molecule has 0 fully saturated rings. The monoisotopic (exact) mass is 256 g/mol. The number of aliphatic carboxylic acids is 1. The standard InChI is InChI=1S/C11H13FN2O4/c12-9-7-8(4-5-10(9)14(17)18)13-6-2-1-3-11(15)16/h4-5,7,13H,1-3,6H2,(H,15,16). The van der Waals surface area contributed by atoms with Crippen molar-refractivity contribution in [3.05, 3.63) is 34.1 Å². The molecule has 7 heteroatoms. The van der Waals surface area contributed by atoms with Gasteiger partial charge >= 0.3 is 11.7 Å². The molecular formula is C11H13FN2O4. The number of nitro benzene ring substituents is 1. The third-order valence-corrected chi connectivity index (χ3v) is 2.29. The van der Waals surface area contributed by atoms with Crippen LogP contribution in [-0.2, 0) is 4.79 Å². The number of benzene rings is 1. The zero-order valence-corrected chi connectivity index (χ0v) is 9.56. The van der Waals surface area contributed by atoms with E-state index >= 15 is 0 Å². The predicted molar refractivity (Wildman–Crippen MR) is 63.0 cm³/mol. The molecule has 0 bridgehead atoms. The van der Waals surface area contributed by atoms with Gasteiger partial charge in [-0.1, -0.05) is 0 Å². The van der Waals surface area contributed by atoms with E-state index in [9.17, 15) is 19.3 Å². The molecule has 1 rings (SSSR count). The van der Waals surface area contributed by atoms with E-state index in [2.05, 4.69) is 5.32 Å². The first-order valence-corrected chi connectivity index (χ1v) is 5.40. The van der Waals surface area contributed by atoms with Crippen molar-refractivity contribution in [2.75, 3.05) is 11.9 Å². The molecule has 0 amide bonds. The first kappa shape index (κ1) is 13.9. The summed E-state index contributed by atoms with van der Waals surface area (Å²) in [4.78, 5) is 19.8. The Morgan fingerprint density at radius 2 is 2.17 bits per heavy atom. The number of halogens is 1. The highest BCUT2D eigenvalue weighted by atomic mass is 19.1. The molecule has 0 spiro atoms. The maximum absolute atomic E-state index is 13.2. The van der Waals surface area contributed by atoms with Crippen LogP contribution in [0.15, 0.2) is 18.2 Å².